The first kappa shape index (κ1) is 14.1. The number of aromatic nitrogens is 2. The highest BCUT2D eigenvalue weighted by molar-refractivity contribution is 9.10. The third kappa shape index (κ3) is 3.16. The molecule has 1 aromatic carbocycles. The van der Waals surface area contributed by atoms with E-state index in [1.165, 1.54) is 4.68 Å². The van der Waals surface area contributed by atoms with Gasteiger partial charge in [0.15, 0.2) is 0 Å². The summed E-state index contributed by atoms with van der Waals surface area (Å²) in [5, 5.41) is 3.76. The predicted molar refractivity (Wildman–Crippen MR) is 68.6 cm³/mol. The van der Waals surface area contributed by atoms with Crippen LogP contribution in [0.25, 0.3) is 0 Å². The number of halogens is 4. The normalized spacial score (nSPS) is 13.5. The van der Waals surface area contributed by atoms with Crippen LogP contribution in [0.3, 0.4) is 0 Å². The lowest BCUT2D eigenvalue weighted by molar-refractivity contribution is -0.137. The first-order chi connectivity index (χ1) is 8.91. The molecule has 0 aliphatic heterocycles. The molecule has 19 heavy (non-hydrogen) atoms. The van der Waals surface area contributed by atoms with Crippen molar-refractivity contribution in [2.45, 2.75) is 12.2 Å². The highest BCUT2D eigenvalue weighted by Gasteiger charge is 2.32. The van der Waals surface area contributed by atoms with E-state index in [1.54, 1.807) is 12.1 Å². The fraction of sp³-hybridized carbons (Fsp3) is 0.250. The van der Waals surface area contributed by atoms with E-state index in [0.717, 1.165) is 22.4 Å². The van der Waals surface area contributed by atoms with Crippen molar-refractivity contribution < 1.29 is 13.2 Å². The fourth-order valence-electron chi connectivity index (χ4n) is 1.77. The zero-order valence-corrected chi connectivity index (χ0v) is 11.3. The van der Waals surface area contributed by atoms with Crippen LogP contribution in [-0.4, -0.2) is 16.3 Å². The topological polar surface area (TPSA) is 43.8 Å². The highest BCUT2D eigenvalue weighted by Crippen LogP contribution is 2.30. The van der Waals surface area contributed by atoms with Gasteiger partial charge in [0.2, 0.25) is 0 Å². The van der Waals surface area contributed by atoms with Gasteiger partial charge in [0.25, 0.3) is 0 Å². The Balaban J connectivity index is 2.35. The molecule has 7 heteroatoms. The summed E-state index contributed by atoms with van der Waals surface area (Å²) >= 11 is 3.32. The van der Waals surface area contributed by atoms with E-state index in [2.05, 4.69) is 21.0 Å². The van der Waals surface area contributed by atoms with E-state index >= 15 is 0 Å². The van der Waals surface area contributed by atoms with Gasteiger partial charge < -0.3 is 5.73 Å². The molecule has 0 aliphatic rings. The monoisotopic (exact) mass is 333 g/mol. The highest BCUT2D eigenvalue weighted by atomic mass is 79.9. The average molecular weight is 334 g/mol. The summed E-state index contributed by atoms with van der Waals surface area (Å²) in [7, 11) is 0. The molecule has 0 bridgehead atoms. The summed E-state index contributed by atoms with van der Waals surface area (Å²) in [4.78, 5) is 0. The number of nitrogens with zero attached hydrogens (tertiary/aromatic N) is 2. The molecule has 2 rings (SSSR count). The molecule has 0 aliphatic carbocycles. The molecule has 1 atom stereocenters. The van der Waals surface area contributed by atoms with E-state index in [1.807, 2.05) is 12.1 Å². The molecule has 102 valence electrons. The van der Waals surface area contributed by atoms with Gasteiger partial charge in [-0.3, -0.25) is 4.68 Å². The number of alkyl halides is 3. The lowest BCUT2D eigenvalue weighted by Gasteiger charge is -2.16. The molecule has 1 aromatic heterocycles. The zero-order valence-electron chi connectivity index (χ0n) is 9.73. The van der Waals surface area contributed by atoms with Crippen LogP contribution in [0.1, 0.15) is 17.2 Å². The third-order valence-electron chi connectivity index (χ3n) is 2.70. The van der Waals surface area contributed by atoms with E-state index in [-0.39, 0.29) is 6.54 Å². The summed E-state index contributed by atoms with van der Waals surface area (Å²) in [5.41, 5.74) is 5.67. The lowest BCUT2D eigenvalue weighted by atomic mass is 10.1. The van der Waals surface area contributed by atoms with E-state index < -0.39 is 17.8 Å². The summed E-state index contributed by atoms with van der Waals surface area (Å²) in [6, 6.07) is 6.83. The minimum Gasteiger partial charge on any atom is -0.328 e. The molecule has 0 spiro atoms. The Labute approximate surface area is 116 Å². The predicted octanol–water partition coefficient (Wildman–Crippen LogP) is 3.21. The van der Waals surface area contributed by atoms with Gasteiger partial charge in [0.1, 0.15) is 0 Å². The molecule has 0 saturated carbocycles. The molecule has 0 fully saturated rings. The third-order valence-corrected chi connectivity index (χ3v) is 3.20. The van der Waals surface area contributed by atoms with Gasteiger partial charge in [-0.1, -0.05) is 28.1 Å². The fourth-order valence-corrected chi connectivity index (χ4v) is 2.18. The van der Waals surface area contributed by atoms with Gasteiger partial charge in [-0.25, -0.2) is 0 Å². The molecule has 2 aromatic rings. The van der Waals surface area contributed by atoms with E-state index in [9.17, 15) is 13.2 Å². The number of hydrogen-bond acceptors (Lipinski definition) is 2. The molecule has 2 N–H and O–H groups in total. The maximum atomic E-state index is 12.5. The molecule has 1 unspecified atom stereocenters. The van der Waals surface area contributed by atoms with Gasteiger partial charge in [0, 0.05) is 17.2 Å². The number of hydrogen-bond donors (Lipinski definition) is 1. The van der Waals surface area contributed by atoms with Crippen molar-refractivity contribution in [2.24, 2.45) is 5.73 Å². The molecule has 0 saturated heterocycles. The Hall–Kier alpha value is -1.34. The second-order valence-corrected chi connectivity index (χ2v) is 4.93. The molecule has 3 nitrogen and oxygen atoms in total. The van der Waals surface area contributed by atoms with Crippen molar-refractivity contribution >= 4 is 15.9 Å². The minimum absolute atomic E-state index is 0.162. The van der Waals surface area contributed by atoms with Gasteiger partial charge in [-0.05, 0) is 17.7 Å². The SMILES string of the molecule is NCC(c1cccc(Br)c1)n1cc(C(F)(F)F)cn1. The first-order valence-corrected chi connectivity index (χ1v) is 6.28. The molecular formula is C12H11BrF3N3. The summed E-state index contributed by atoms with van der Waals surface area (Å²) in [5.74, 6) is 0. The Bertz CT molecular complexity index is 565. The number of nitrogens with two attached hydrogens (primary N) is 1. The van der Waals surface area contributed by atoms with Crippen LogP contribution in [0.15, 0.2) is 41.1 Å². The first-order valence-electron chi connectivity index (χ1n) is 5.48. The molecule has 1 heterocycles. The van der Waals surface area contributed by atoms with Crippen molar-refractivity contribution in [3.8, 4) is 0 Å². The van der Waals surface area contributed by atoms with Crippen LogP contribution in [-0.2, 0) is 6.18 Å². The zero-order chi connectivity index (χ0) is 14.0. The van der Waals surface area contributed by atoms with Crippen LogP contribution in [0.5, 0.6) is 0 Å². The van der Waals surface area contributed by atoms with Crippen molar-refractivity contribution in [1.82, 2.24) is 9.78 Å². The summed E-state index contributed by atoms with van der Waals surface area (Å²) < 4.78 is 39.7. The van der Waals surface area contributed by atoms with Crippen LogP contribution in [0.2, 0.25) is 0 Å². The van der Waals surface area contributed by atoms with Crippen molar-refractivity contribution in [1.29, 1.82) is 0 Å². The quantitative estimate of drug-likeness (QED) is 0.937. The second-order valence-electron chi connectivity index (χ2n) is 4.01. The maximum Gasteiger partial charge on any atom is 0.419 e. The van der Waals surface area contributed by atoms with Crippen molar-refractivity contribution in [2.75, 3.05) is 6.54 Å². The van der Waals surface area contributed by atoms with E-state index in [4.69, 9.17) is 5.73 Å². The molecule has 0 radical (unpaired) electrons. The Morgan fingerprint density at radius 3 is 2.63 bits per heavy atom. The number of benzene rings is 1. The van der Waals surface area contributed by atoms with Gasteiger partial charge >= 0.3 is 6.18 Å². The van der Waals surface area contributed by atoms with Gasteiger partial charge in [0.05, 0.1) is 17.8 Å². The maximum absolute atomic E-state index is 12.5. The molecule has 0 amide bonds. The Kier molecular flexibility index (Phi) is 3.96. The van der Waals surface area contributed by atoms with Crippen LogP contribution < -0.4 is 5.73 Å². The summed E-state index contributed by atoms with van der Waals surface area (Å²) in [6.45, 7) is 0.162. The minimum atomic E-state index is -4.39. The second kappa shape index (κ2) is 5.34. The van der Waals surface area contributed by atoms with Crippen molar-refractivity contribution in [3.63, 3.8) is 0 Å². The van der Waals surface area contributed by atoms with E-state index in [0.29, 0.717) is 0 Å². The summed E-state index contributed by atoms with van der Waals surface area (Å²) in [6.07, 6.45) is -2.62. The lowest BCUT2D eigenvalue weighted by Crippen LogP contribution is -2.21. The van der Waals surface area contributed by atoms with Crippen molar-refractivity contribution in [3.05, 3.63) is 52.3 Å². The average Bonchev–Trinajstić information content (AvgIpc) is 2.79. The standard InChI is InChI=1S/C12H11BrF3N3/c13-10-3-1-2-8(4-10)11(5-17)19-7-9(6-18-19)12(14,15)16/h1-4,6-7,11H,5,17H2. The van der Waals surface area contributed by atoms with Gasteiger partial charge in [-0.15, -0.1) is 0 Å². The molecular weight excluding hydrogens is 323 g/mol. The van der Waals surface area contributed by atoms with Gasteiger partial charge in [-0.2, -0.15) is 18.3 Å². The Morgan fingerprint density at radius 1 is 1.37 bits per heavy atom. The Morgan fingerprint density at radius 2 is 2.11 bits per heavy atom. The smallest absolute Gasteiger partial charge is 0.328 e. The number of rotatable bonds is 3. The van der Waals surface area contributed by atoms with Crippen LogP contribution in [0, 0.1) is 0 Å². The van der Waals surface area contributed by atoms with Crippen LogP contribution >= 0.6 is 15.9 Å². The largest absolute Gasteiger partial charge is 0.419 e. The van der Waals surface area contributed by atoms with Crippen LogP contribution in [0.4, 0.5) is 13.2 Å².